The molecule has 0 spiro atoms. The van der Waals surface area contributed by atoms with Gasteiger partial charge in [0, 0.05) is 24.0 Å². The second-order valence-electron chi connectivity index (χ2n) is 2.61. The lowest BCUT2D eigenvalue weighted by atomic mass is 10.4. The molecule has 70 valence electrons. The molecule has 2 aromatic rings. The van der Waals surface area contributed by atoms with Gasteiger partial charge in [0.25, 0.3) is 0 Å². The second kappa shape index (κ2) is 3.51. The van der Waals surface area contributed by atoms with E-state index < -0.39 is 0 Å². The largest absolute Gasteiger partial charge is 0.389 e. The Morgan fingerprint density at radius 3 is 2.93 bits per heavy atom. The van der Waals surface area contributed by atoms with E-state index in [4.69, 9.17) is 18.0 Å². The Bertz CT molecular complexity index is 450. The van der Waals surface area contributed by atoms with Crippen LogP contribution in [0.25, 0.3) is 5.82 Å². The van der Waals surface area contributed by atoms with Gasteiger partial charge in [-0.15, -0.1) is 0 Å². The van der Waals surface area contributed by atoms with Gasteiger partial charge in [-0.25, -0.2) is 14.6 Å². The molecule has 0 unspecified atom stereocenters. The molecule has 0 aliphatic heterocycles. The van der Waals surface area contributed by atoms with Crippen molar-refractivity contribution in [3.63, 3.8) is 0 Å². The third-order valence-corrected chi connectivity index (χ3v) is 1.90. The topological polar surface area (TPSA) is 69.6 Å². The average molecular weight is 205 g/mol. The summed E-state index contributed by atoms with van der Waals surface area (Å²) < 4.78 is 1.59. The molecule has 0 aromatic carbocycles. The normalized spacial score (nSPS) is 10.0. The standard InChI is InChI=1S/C8H7N5S/c9-8(14)6-3-12-13(4-6)7-1-2-10-5-11-7/h1-5H,(H2,9,14). The van der Waals surface area contributed by atoms with E-state index in [2.05, 4.69) is 15.1 Å². The Balaban J connectivity index is 2.39. The van der Waals surface area contributed by atoms with Gasteiger partial charge < -0.3 is 5.73 Å². The van der Waals surface area contributed by atoms with E-state index in [0.29, 0.717) is 10.8 Å². The van der Waals surface area contributed by atoms with Crippen molar-refractivity contribution in [1.82, 2.24) is 19.7 Å². The second-order valence-corrected chi connectivity index (χ2v) is 3.05. The molecule has 0 aliphatic rings. The van der Waals surface area contributed by atoms with Crippen molar-refractivity contribution in [2.24, 2.45) is 5.73 Å². The maximum atomic E-state index is 5.45. The predicted octanol–water partition coefficient (Wildman–Crippen LogP) is 0.297. The molecule has 0 atom stereocenters. The summed E-state index contributed by atoms with van der Waals surface area (Å²) in [7, 11) is 0. The molecule has 2 heterocycles. The molecule has 6 heteroatoms. The summed E-state index contributed by atoms with van der Waals surface area (Å²) in [5.41, 5.74) is 6.17. The summed E-state index contributed by atoms with van der Waals surface area (Å²) in [5, 5.41) is 4.07. The van der Waals surface area contributed by atoms with Crippen LogP contribution < -0.4 is 5.73 Å². The summed E-state index contributed by atoms with van der Waals surface area (Å²) in [5.74, 6) is 0.683. The molecule has 0 radical (unpaired) electrons. The summed E-state index contributed by atoms with van der Waals surface area (Å²) >= 11 is 4.82. The minimum atomic E-state index is 0.324. The highest BCUT2D eigenvalue weighted by molar-refractivity contribution is 7.80. The van der Waals surface area contributed by atoms with Gasteiger partial charge in [-0.3, -0.25) is 0 Å². The molecule has 0 aliphatic carbocycles. The molecule has 5 nitrogen and oxygen atoms in total. The number of nitrogens with two attached hydrogens (primary N) is 1. The van der Waals surface area contributed by atoms with E-state index in [1.54, 1.807) is 29.3 Å². The number of hydrogen-bond donors (Lipinski definition) is 1. The Morgan fingerprint density at radius 1 is 1.50 bits per heavy atom. The van der Waals surface area contributed by atoms with Gasteiger partial charge in [-0.05, 0) is 0 Å². The number of thiocarbonyl (C=S) groups is 1. The molecule has 2 aromatic heterocycles. The number of aromatic nitrogens is 4. The van der Waals surface area contributed by atoms with Crippen molar-refractivity contribution >= 4 is 17.2 Å². The van der Waals surface area contributed by atoms with Crippen molar-refractivity contribution in [3.05, 3.63) is 36.5 Å². The van der Waals surface area contributed by atoms with Crippen LogP contribution >= 0.6 is 12.2 Å². The predicted molar refractivity (Wildman–Crippen MR) is 55.0 cm³/mol. The maximum Gasteiger partial charge on any atom is 0.156 e. The van der Waals surface area contributed by atoms with Gasteiger partial charge in [0.15, 0.2) is 5.82 Å². The molecule has 0 amide bonds. The van der Waals surface area contributed by atoms with E-state index in [1.165, 1.54) is 6.33 Å². The van der Waals surface area contributed by atoms with Crippen molar-refractivity contribution in [2.45, 2.75) is 0 Å². The van der Waals surface area contributed by atoms with Gasteiger partial charge in [0.1, 0.15) is 11.3 Å². The van der Waals surface area contributed by atoms with E-state index >= 15 is 0 Å². The van der Waals surface area contributed by atoms with Crippen LogP contribution in [0.5, 0.6) is 0 Å². The van der Waals surface area contributed by atoms with Crippen molar-refractivity contribution in [2.75, 3.05) is 0 Å². The Labute approximate surface area is 85.6 Å². The minimum Gasteiger partial charge on any atom is -0.389 e. The smallest absolute Gasteiger partial charge is 0.156 e. The van der Waals surface area contributed by atoms with Crippen molar-refractivity contribution in [1.29, 1.82) is 0 Å². The summed E-state index contributed by atoms with van der Waals surface area (Å²) in [4.78, 5) is 8.16. The van der Waals surface area contributed by atoms with E-state index in [1.807, 2.05) is 0 Å². The molecule has 0 bridgehead atoms. The van der Waals surface area contributed by atoms with Crippen LogP contribution in [0.2, 0.25) is 0 Å². The fraction of sp³-hybridized carbons (Fsp3) is 0. The Morgan fingerprint density at radius 2 is 2.36 bits per heavy atom. The minimum absolute atomic E-state index is 0.324. The van der Waals surface area contributed by atoms with Gasteiger partial charge in [0.05, 0.1) is 6.20 Å². The first-order valence-corrected chi connectivity index (χ1v) is 4.29. The summed E-state index contributed by atoms with van der Waals surface area (Å²) in [6, 6.07) is 1.75. The van der Waals surface area contributed by atoms with Crippen LogP contribution in [-0.4, -0.2) is 24.7 Å². The molecule has 0 fully saturated rings. The summed E-state index contributed by atoms with van der Waals surface area (Å²) in [6.07, 6.45) is 6.43. The molecule has 2 rings (SSSR count). The third kappa shape index (κ3) is 1.60. The van der Waals surface area contributed by atoms with Gasteiger partial charge in [0.2, 0.25) is 0 Å². The third-order valence-electron chi connectivity index (χ3n) is 1.67. The first-order valence-electron chi connectivity index (χ1n) is 3.88. The van der Waals surface area contributed by atoms with Crippen LogP contribution in [0.15, 0.2) is 31.0 Å². The van der Waals surface area contributed by atoms with Crippen LogP contribution in [0, 0.1) is 0 Å². The highest BCUT2D eigenvalue weighted by Crippen LogP contribution is 2.03. The van der Waals surface area contributed by atoms with E-state index in [9.17, 15) is 0 Å². The fourth-order valence-corrected chi connectivity index (χ4v) is 1.10. The molecule has 14 heavy (non-hydrogen) atoms. The lowest BCUT2D eigenvalue weighted by molar-refractivity contribution is 0.839. The van der Waals surface area contributed by atoms with Crippen LogP contribution in [0.4, 0.5) is 0 Å². The van der Waals surface area contributed by atoms with Crippen LogP contribution in [0.3, 0.4) is 0 Å². The monoisotopic (exact) mass is 205 g/mol. The SMILES string of the molecule is NC(=S)c1cnn(-c2ccncn2)c1. The molecular weight excluding hydrogens is 198 g/mol. The van der Waals surface area contributed by atoms with Gasteiger partial charge >= 0.3 is 0 Å². The zero-order valence-corrected chi connectivity index (χ0v) is 7.98. The van der Waals surface area contributed by atoms with Crippen LogP contribution in [-0.2, 0) is 0 Å². The van der Waals surface area contributed by atoms with Crippen molar-refractivity contribution < 1.29 is 0 Å². The van der Waals surface area contributed by atoms with E-state index in [-0.39, 0.29) is 0 Å². The van der Waals surface area contributed by atoms with E-state index in [0.717, 1.165) is 5.56 Å². The number of rotatable bonds is 2. The first-order chi connectivity index (χ1) is 6.77. The number of hydrogen-bond acceptors (Lipinski definition) is 4. The molecular formula is C8H7N5S. The van der Waals surface area contributed by atoms with Crippen molar-refractivity contribution in [3.8, 4) is 5.82 Å². The van der Waals surface area contributed by atoms with Gasteiger partial charge in [-0.2, -0.15) is 5.10 Å². The Kier molecular flexibility index (Phi) is 2.19. The molecule has 0 saturated heterocycles. The fourth-order valence-electron chi connectivity index (χ4n) is 0.995. The summed E-state index contributed by atoms with van der Waals surface area (Å²) in [6.45, 7) is 0. The highest BCUT2D eigenvalue weighted by atomic mass is 32.1. The quantitative estimate of drug-likeness (QED) is 0.714. The molecule has 0 saturated carbocycles. The highest BCUT2D eigenvalue weighted by Gasteiger charge is 2.02. The zero-order chi connectivity index (χ0) is 9.97. The Hall–Kier alpha value is -1.82. The lowest BCUT2D eigenvalue weighted by Crippen LogP contribution is -2.07. The average Bonchev–Trinajstić information content (AvgIpc) is 2.68. The lowest BCUT2D eigenvalue weighted by Gasteiger charge is -1.96. The maximum absolute atomic E-state index is 5.45. The van der Waals surface area contributed by atoms with Gasteiger partial charge in [-0.1, -0.05) is 12.2 Å². The number of nitrogens with zero attached hydrogens (tertiary/aromatic N) is 4. The van der Waals surface area contributed by atoms with Crippen LogP contribution in [0.1, 0.15) is 5.56 Å². The first kappa shape index (κ1) is 8.76. The zero-order valence-electron chi connectivity index (χ0n) is 7.16. The molecule has 2 N–H and O–H groups in total.